The first-order valence-electron chi connectivity index (χ1n) is 14.0. The molecule has 8 nitrogen and oxygen atoms in total. The summed E-state index contributed by atoms with van der Waals surface area (Å²) in [5.74, 6) is -0.149. The Bertz CT molecular complexity index is 1380. The van der Waals surface area contributed by atoms with E-state index in [1.54, 1.807) is 36.4 Å². The van der Waals surface area contributed by atoms with Crippen molar-refractivity contribution in [1.82, 2.24) is 10.2 Å². The van der Waals surface area contributed by atoms with Crippen LogP contribution in [0.5, 0.6) is 5.75 Å². The number of benzene rings is 3. The van der Waals surface area contributed by atoms with Crippen LogP contribution < -0.4 is 14.4 Å². The number of nitrogens with one attached hydrogen (secondary N) is 1. The molecule has 9 heteroatoms. The maximum Gasteiger partial charge on any atom is 0.264 e. The number of hydrogen-bond acceptors (Lipinski definition) is 5. The Kier molecular flexibility index (Phi) is 11.3. The van der Waals surface area contributed by atoms with Crippen LogP contribution >= 0.6 is 0 Å². The quantitative estimate of drug-likeness (QED) is 0.291. The molecule has 0 aliphatic rings. The van der Waals surface area contributed by atoms with E-state index >= 15 is 0 Å². The summed E-state index contributed by atoms with van der Waals surface area (Å²) >= 11 is 0. The Morgan fingerprint density at radius 1 is 0.902 bits per heavy atom. The number of carbonyl (C=O) groups excluding carboxylic acids is 2. The summed E-state index contributed by atoms with van der Waals surface area (Å²) in [5.41, 5.74) is 2.25. The second-order valence-electron chi connectivity index (χ2n) is 10.1. The van der Waals surface area contributed by atoms with Crippen LogP contribution in [0.1, 0.15) is 44.7 Å². The van der Waals surface area contributed by atoms with Crippen LogP contribution in [0, 0.1) is 6.92 Å². The van der Waals surface area contributed by atoms with E-state index in [-0.39, 0.29) is 23.4 Å². The minimum Gasteiger partial charge on any atom is -0.497 e. The fraction of sp³-hybridized carbons (Fsp3) is 0.375. The van der Waals surface area contributed by atoms with Crippen molar-refractivity contribution in [2.24, 2.45) is 0 Å². The van der Waals surface area contributed by atoms with Gasteiger partial charge in [-0.2, -0.15) is 0 Å². The summed E-state index contributed by atoms with van der Waals surface area (Å²) in [4.78, 5) is 29.0. The number of rotatable bonds is 14. The molecule has 1 N–H and O–H groups in total. The van der Waals surface area contributed by atoms with Gasteiger partial charge in [-0.25, -0.2) is 8.42 Å². The lowest BCUT2D eigenvalue weighted by Crippen LogP contribution is -2.54. The number of anilines is 1. The fourth-order valence-electron chi connectivity index (χ4n) is 4.45. The molecule has 0 heterocycles. The molecule has 0 unspecified atom stereocenters. The van der Waals surface area contributed by atoms with Crippen LogP contribution in [0.4, 0.5) is 5.69 Å². The average molecular weight is 580 g/mol. The van der Waals surface area contributed by atoms with Crippen LogP contribution in [0.2, 0.25) is 0 Å². The molecule has 0 fully saturated rings. The summed E-state index contributed by atoms with van der Waals surface area (Å²) in [6, 6.07) is 21.9. The van der Waals surface area contributed by atoms with Crippen LogP contribution in [0.25, 0.3) is 0 Å². The Morgan fingerprint density at radius 2 is 1.54 bits per heavy atom. The average Bonchev–Trinajstić information content (AvgIpc) is 2.98. The maximum absolute atomic E-state index is 14.1. The molecule has 41 heavy (non-hydrogen) atoms. The third-order valence-corrected chi connectivity index (χ3v) is 8.91. The van der Waals surface area contributed by atoms with Crippen LogP contribution in [0.15, 0.2) is 83.8 Å². The standard InChI is InChI=1S/C32H41N3O5S/c1-6-25(4)33-32(37)30(7-2)34(22-21-26-11-9-8-10-12-26)31(36)23-35(27-15-17-28(40-5)18-16-27)41(38,39)29-19-13-24(3)14-20-29/h8-20,25,30H,6-7,21-23H2,1-5H3,(H,33,37)/t25-,30-/m0/s1. The highest BCUT2D eigenvalue weighted by molar-refractivity contribution is 7.92. The van der Waals surface area contributed by atoms with Crippen molar-refractivity contribution in [2.45, 2.75) is 63.9 Å². The lowest BCUT2D eigenvalue weighted by Gasteiger charge is -2.33. The molecule has 3 aromatic rings. The van der Waals surface area contributed by atoms with Gasteiger partial charge < -0.3 is 15.0 Å². The van der Waals surface area contributed by atoms with E-state index < -0.39 is 28.5 Å². The molecule has 3 aromatic carbocycles. The van der Waals surface area contributed by atoms with E-state index in [4.69, 9.17) is 4.74 Å². The molecule has 2 atom stereocenters. The van der Waals surface area contributed by atoms with Gasteiger partial charge in [0.25, 0.3) is 10.0 Å². The predicted molar refractivity (Wildman–Crippen MR) is 163 cm³/mol. The maximum atomic E-state index is 14.1. The molecule has 0 radical (unpaired) electrons. The number of aryl methyl sites for hydroxylation is 1. The van der Waals surface area contributed by atoms with Crippen molar-refractivity contribution in [2.75, 3.05) is 24.5 Å². The molecule has 0 saturated carbocycles. The van der Waals surface area contributed by atoms with Gasteiger partial charge in [-0.15, -0.1) is 0 Å². The highest BCUT2D eigenvalue weighted by Crippen LogP contribution is 2.26. The van der Waals surface area contributed by atoms with Crippen molar-refractivity contribution in [1.29, 1.82) is 0 Å². The second-order valence-corrected chi connectivity index (χ2v) is 11.9. The van der Waals surface area contributed by atoms with Crippen LogP contribution in [-0.2, 0) is 26.0 Å². The number of sulfonamides is 1. The molecular weight excluding hydrogens is 538 g/mol. The molecule has 0 aliphatic heterocycles. The molecule has 0 aromatic heterocycles. The fourth-order valence-corrected chi connectivity index (χ4v) is 5.87. The summed E-state index contributed by atoms with van der Waals surface area (Å²) in [6.45, 7) is 7.42. The molecule has 0 bridgehead atoms. The highest BCUT2D eigenvalue weighted by atomic mass is 32.2. The lowest BCUT2D eigenvalue weighted by molar-refractivity contribution is -0.139. The van der Waals surface area contributed by atoms with Gasteiger partial charge in [-0.05, 0) is 75.1 Å². The molecule has 0 aliphatic carbocycles. The van der Waals surface area contributed by atoms with E-state index in [1.165, 1.54) is 24.1 Å². The summed E-state index contributed by atoms with van der Waals surface area (Å²) < 4.78 is 34.2. The number of carbonyl (C=O) groups is 2. The van der Waals surface area contributed by atoms with E-state index in [2.05, 4.69) is 5.32 Å². The van der Waals surface area contributed by atoms with Gasteiger partial charge in [0, 0.05) is 12.6 Å². The Hall–Kier alpha value is -3.85. The van der Waals surface area contributed by atoms with Crippen molar-refractivity contribution in [3.8, 4) is 5.75 Å². The largest absolute Gasteiger partial charge is 0.497 e. The van der Waals surface area contributed by atoms with Crippen molar-refractivity contribution >= 4 is 27.5 Å². The summed E-state index contributed by atoms with van der Waals surface area (Å²) in [7, 11) is -2.59. The van der Waals surface area contributed by atoms with E-state index in [9.17, 15) is 18.0 Å². The van der Waals surface area contributed by atoms with E-state index in [0.717, 1.165) is 21.9 Å². The van der Waals surface area contributed by atoms with Gasteiger partial charge in [-0.1, -0.05) is 61.9 Å². The number of amides is 2. The number of hydrogen-bond donors (Lipinski definition) is 1. The van der Waals surface area contributed by atoms with Crippen LogP contribution in [-0.4, -0.2) is 57.4 Å². The van der Waals surface area contributed by atoms with Gasteiger partial charge in [0.1, 0.15) is 18.3 Å². The molecule has 220 valence electrons. The Morgan fingerprint density at radius 3 is 2.10 bits per heavy atom. The van der Waals surface area contributed by atoms with Crippen molar-refractivity contribution < 1.29 is 22.7 Å². The van der Waals surface area contributed by atoms with Crippen molar-refractivity contribution in [3.63, 3.8) is 0 Å². The third kappa shape index (κ3) is 8.33. The minimum absolute atomic E-state index is 0.0552. The zero-order valence-corrected chi connectivity index (χ0v) is 25.4. The number of methoxy groups -OCH3 is 1. The number of nitrogens with zero attached hydrogens (tertiary/aromatic N) is 2. The third-order valence-electron chi connectivity index (χ3n) is 7.12. The SMILES string of the molecule is CC[C@H](C)NC(=O)[C@H](CC)N(CCc1ccccc1)C(=O)CN(c1ccc(OC)cc1)S(=O)(=O)c1ccc(C)cc1. The van der Waals surface area contributed by atoms with Gasteiger partial charge in [0.05, 0.1) is 17.7 Å². The Balaban J connectivity index is 2.01. The van der Waals surface area contributed by atoms with Crippen molar-refractivity contribution in [3.05, 3.63) is 90.0 Å². The summed E-state index contributed by atoms with van der Waals surface area (Å²) in [6.07, 6.45) is 1.66. The van der Waals surface area contributed by atoms with Crippen LogP contribution in [0.3, 0.4) is 0 Å². The normalized spacial score (nSPS) is 12.7. The molecule has 0 saturated heterocycles. The molecular formula is C32H41N3O5S. The first kappa shape index (κ1) is 31.7. The molecule has 2 amide bonds. The van der Waals surface area contributed by atoms with E-state index in [1.807, 2.05) is 58.0 Å². The molecule has 0 spiro atoms. The first-order valence-corrected chi connectivity index (χ1v) is 15.4. The van der Waals surface area contributed by atoms with Gasteiger partial charge >= 0.3 is 0 Å². The zero-order valence-electron chi connectivity index (χ0n) is 24.5. The van der Waals surface area contributed by atoms with Gasteiger partial charge in [0.15, 0.2) is 0 Å². The first-order chi connectivity index (χ1) is 19.6. The smallest absolute Gasteiger partial charge is 0.264 e. The Labute approximate surface area is 244 Å². The minimum atomic E-state index is -4.12. The van der Waals surface area contributed by atoms with Gasteiger partial charge in [-0.3, -0.25) is 13.9 Å². The molecule has 3 rings (SSSR count). The lowest BCUT2D eigenvalue weighted by atomic mass is 10.1. The zero-order chi connectivity index (χ0) is 30.0. The topological polar surface area (TPSA) is 96.0 Å². The number of ether oxygens (including phenoxy) is 1. The van der Waals surface area contributed by atoms with E-state index in [0.29, 0.717) is 24.3 Å². The summed E-state index contributed by atoms with van der Waals surface area (Å²) in [5, 5.41) is 2.99. The van der Waals surface area contributed by atoms with Gasteiger partial charge in [0.2, 0.25) is 11.8 Å². The second kappa shape index (κ2) is 14.7. The highest BCUT2D eigenvalue weighted by Gasteiger charge is 2.33. The predicted octanol–water partition coefficient (Wildman–Crippen LogP) is 4.96. The monoisotopic (exact) mass is 579 g/mol.